The average Bonchev–Trinajstić information content (AvgIpc) is 3.04. The van der Waals surface area contributed by atoms with Crippen LogP contribution in [0, 0.1) is 0 Å². The zero-order valence-corrected chi connectivity index (χ0v) is 14.3. The molecule has 114 valence electrons. The van der Waals surface area contributed by atoms with Gasteiger partial charge < -0.3 is 9.30 Å². The van der Waals surface area contributed by atoms with Gasteiger partial charge in [-0.2, -0.15) is 11.8 Å². The molecule has 5 heteroatoms. The van der Waals surface area contributed by atoms with E-state index in [9.17, 15) is 0 Å². The zero-order valence-electron chi connectivity index (χ0n) is 12.7. The van der Waals surface area contributed by atoms with Gasteiger partial charge >= 0.3 is 0 Å². The molecule has 1 aliphatic rings. The second-order valence-corrected chi connectivity index (χ2v) is 8.24. The number of benzene rings is 1. The van der Waals surface area contributed by atoms with Crippen LogP contribution in [-0.4, -0.2) is 27.2 Å². The summed E-state index contributed by atoms with van der Waals surface area (Å²) in [5, 5.41) is -0.114. The Morgan fingerprint density at radius 1 is 1.52 bits per heavy atom. The summed E-state index contributed by atoms with van der Waals surface area (Å²) in [6.45, 7) is 5.28. The summed E-state index contributed by atoms with van der Waals surface area (Å²) >= 11 is 8.43. The summed E-state index contributed by atoms with van der Waals surface area (Å²) in [6.07, 6.45) is 2.54. The van der Waals surface area contributed by atoms with Crippen LogP contribution in [0.3, 0.4) is 0 Å². The van der Waals surface area contributed by atoms with Gasteiger partial charge in [-0.25, -0.2) is 4.98 Å². The SMILES string of the molecule is COc1cccc2c1nc(C(C)Cl)n2CC1(C)CCCS1. The lowest BCUT2D eigenvalue weighted by Gasteiger charge is -2.25. The molecule has 0 aliphatic carbocycles. The van der Waals surface area contributed by atoms with Gasteiger partial charge in [-0.15, -0.1) is 11.6 Å². The van der Waals surface area contributed by atoms with Gasteiger partial charge in [0.05, 0.1) is 18.0 Å². The first-order valence-electron chi connectivity index (χ1n) is 7.35. The number of alkyl halides is 1. The molecule has 2 aromatic rings. The molecule has 1 aromatic heterocycles. The second-order valence-electron chi connectivity index (χ2n) is 5.90. The predicted molar refractivity (Wildman–Crippen MR) is 90.7 cm³/mol. The van der Waals surface area contributed by atoms with Gasteiger partial charge in [0.25, 0.3) is 0 Å². The second kappa shape index (κ2) is 5.73. The molecule has 1 fully saturated rings. The third-order valence-corrected chi connectivity index (χ3v) is 5.86. The van der Waals surface area contributed by atoms with E-state index in [0.29, 0.717) is 0 Å². The molecule has 2 unspecified atom stereocenters. The van der Waals surface area contributed by atoms with Crippen molar-refractivity contribution < 1.29 is 4.74 Å². The molecule has 0 N–H and O–H groups in total. The monoisotopic (exact) mass is 324 g/mol. The number of nitrogens with zero attached hydrogens (tertiary/aromatic N) is 2. The van der Waals surface area contributed by atoms with Gasteiger partial charge in [-0.3, -0.25) is 0 Å². The number of fused-ring (bicyclic) bond motifs is 1. The summed E-state index contributed by atoms with van der Waals surface area (Å²) in [6, 6.07) is 6.08. The van der Waals surface area contributed by atoms with Gasteiger partial charge in [-0.05, 0) is 44.6 Å². The summed E-state index contributed by atoms with van der Waals surface area (Å²) in [4.78, 5) is 4.75. The van der Waals surface area contributed by atoms with E-state index in [4.69, 9.17) is 21.3 Å². The average molecular weight is 325 g/mol. The van der Waals surface area contributed by atoms with Crippen LogP contribution in [0.2, 0.25) is 0 Å². The molecule has 0 bridgehead atoms. The number of methoxy groups -OCH3 is 1. The Balaban J connectivity index is 2.12. The molecule has 1 aromatic carbocycles. The first-order chi connectivity index (χ1) is 10.0. The smallest absolute Gasteiger partial charge is 0.146 e. The van der Waals surface area contributed by atoms with Gasteiger partial charge in [0.15, 0.2) is 0 Å². The van der Waals surface area contributed by atoms with Crippen molar-refractivity contribution in [1.29, 1.82) is 0 Å². The van der Waals surface area contributed by atoms with E-state index >= 15 is 0 Å². The Kier molecular flexibility index (Phi) is 4.10. The minimum atomic E-state index is -0.114. The van der Waals surface area contributed by atoms with E-state index in [2.05, 4.69) is 29.3 Å². The maximum atomic E-state index is 6.38. The highest BCUT2D eigenvalue weighted by molar-refractivity contribution is 8.00. The van der Waals surface area contributed by atoms with Gasteiger partial charge in [-0.1, -0.05) is 6.07 Å². The van der Waals surface area contributed by atoms with Crippen molar-refractivity contribution >= 4 is 34.4 Å². The third-order valence-electron chi connectivity index (χ3n) is 4.14. The summed E-state index contributed by atoms with van der Waals surface area (Å²) in [7, 11) is 1.69. The molecule has 0 amide bonds. The molecule has 1 aliphatic heterocycles. The lowest BCUT2D eigenvalue weighted by molar-refractivity contribution is 0.419. The lowest BCUT2D eigenvalue weighted by atomic mass is 10.1. The molecular formula is C16H21ClN2OS. The molecule has 0 saturated carbocycles. The van der Waals surface area contributed by atoms with Crippen LogP contribution in [0.25, 0.3) is 11.0 Å². The van der Waals surface area contributed by atoms with E-state index in [0.717, 1.165) is 29.2 Å². The van der Waals surface area contributed by atoms with Crippen LogP contribution >= 0.6 is 23.4 Å². The number of halogens is 1. The first kappa shape index (κ1) is 15.0. The highest BCUT2D eigenvalue weighted by Gasteiger charge is 2.32. The van der Waals surface area contributed by atoms with E-state index < -0.39 is 0 Å². The Bertz CT molecular complexity index is 647. The molecule has 3 nitrogen and oxygen atoms in total. The number of hydrogen-bond donors (Lipinski definition) is 0. The van der Waals surface area contributed by atoms with E-state index in [1.54, 1.807) is 7.11 Å². The Hall–Kier alpha value is -0.870. The van der Waals surface area contributed by atoms with Crippen molar-refractivity contribution in [3.05, 3.63) is 24.0 Å². The van der Waals surface area contributed by atoms with Crippen LogP contribution < -0.4 is 4.74 Å². The van der Waals surface area contributed by atoms with Crippen molar-refractivity contribution in [2.24, 2.45) is 0 Å². The van der Waals surface area contributed by atoms with E-state index in [1.165, 1.54) is 18.6 Å². The number of para-hydroxylation sites is 1. The number of rotatable bonds is 4. The lowest BCUT2D eigenvalue weighted by Crippen LogP contribution is -2.25. The number of thioether (sulfide) groups is 1. The maximum Gasteiger partial charge on any atom is 0.146 e. The van der Waals surface area contributed by atoms with Gasteiger partial charge in [0.1, 0.15) is 17.1 Å². The van der Waals surface area contributed by atoms with Crippen molar-refractivity contribution in [2.75, 3.05) is 12.9 Å². The number of hydrogen-bond acceptors (Lipinski definition) is 3. The Morgan fingerprint density at radius 2 is 2.33 bits per heavy atom. The van der Waals surface area contributed by atoms with Gasteiger partial charge in [0, 0.05) is 11.3 Å². The maximum absolute atomic E-state index is 6.38. The largest absolute Gasteiger partial charge is 0.494 e. The van der Waals surface area contributed by atoms with Crippen LogP contribution in [0.5, 0.6) is 5.75 Å². The van der Waals surface area contributed by atoms with Crippen molar-refractivity contribution in [3.63, 3.8) is 0 Å². The molecule has 3 rings (SSSR count). The highest BCUT2D eigenvalue weighted by Crippen LogP contribution is 2.41. The van der Waals surface area contributed by atoms with Crippen LogP contribution in [0.1, 0.15) is 37.9 Å². The fourth-order valence-corrected chi connectivity index (χ4v) is 4.53. The topological polar surface area (TPSA) is 27.1 Å². The minimum Gasteiger partial charge on any atom is -0.494 e. The molecule has 0 spiro atoms. The van der Waals surface area contributed by atoms with Crippen LogP contribution in [-0.2, 0) is 6.54 Å². The molecule has 21 heavy (non-hydrogen) atoms. The van der Waals surface area contributed by atoms with Crippen molar-refractivity contribution in [1.82, 2.24) is 9.55 Å². The fourth-order valence-electron chi connectivity index (χ4n) is 3.07. The molecule has 2 heterocycles. The standard InChI is InChI=1S/C16H21ClN2OS/c1-11(17)15-18-14-12(6-4-7-13(14)20-3)19(15)10-16(2)8-5-9-21-16/h4,6-7,11H,5,8-10H2,1-3H3. The zero-order chi connectivity index (χ0) is 15.0. The number of imidazole rings is 1. The van der Waals surface area contributed by atoms with Crippen LogP contribution in [0.4, 0.5) is 0 Å². The number of ether oxygens (including phenoxy) is 1. The van der Waals surface area contributed by atoms with Gasteiger partial charge in [0.2, 0.25) is 0 Å². The predicted octanol–water partition coefficient (Wildman–Crippen LogP) is 4.63. The Labute approximate surface area is 135 Å². The van der Waals surface area contributed by atoms with Crippen LogP contribution in [0.15, 0.2) is 18.2 Å². The number of aromatic nitrogens is 2. The molecular weight excluding hydrogens is 304 g/mol. The fraction of sp³-hybridized carbons (Fsp3) is 0.562. The normalized spacial score (nSPS) is 23.6. The Morgan fingerprint density at radius 3 is 2.95 bits per heavy atom. The van der Waals surface area contributed by atoms with Crippen molar-refractivity contribution in [2.45, 2.75) is 43.4 Å². The quantitative estimate of drug-likeness (QED) is 0.767. The summed E-state index contributed by atoms with van der Waals surface area (Å²) in [5.41, 5.74) is 2.03. The molecule has 2 atom stereocenters. The summed E-state index contributed by atoms with van der Waals surface area (Å²) < 4.78 is 8.01. The first-order valence-corrected chi connectivity index (χ1v) is 8.77. The minimum absolute atomic E-state index is 0.114. The van der Waals surface area contributed by atoms with E-state index in [-0.39, 0.29) is 10.1 Å². The molecule has 1 saturated heterocycles. The summed E-state index contributed by atoms with van der Waals surface area (Å²) in [5.74, 6) is 3.00. The molecule has 0 radical (unpaired) electrons. The van der Waals surface area contributed by atoms with E-state index in [1.807, 2.05) is 19.1 Å². The van der Waals surface area contributed by atoms with Crippen molar-refractivity contribution in [3.8, 4) is 5.75 Å². The third kappa shape index (κ3) is 2.76. The highest BCUT2D eigenvalue weighted by atomic mass is 35.5.